The average molecular weight is 769 g/mol. The smallest absolute Gasteiger partial charge is 0.362 e. The van der Waals surface area contributed by atoms with Crippen LogP contribution >= 0.6 is 0 Å². The number of likely N-dealkylation sites (N-methyl/N-ethyl adjacent to an activating group) is 1. The molecule has 0 saturated heterocycles. The first-order valence-electron chi connectivity index (χ1n) is 21.1. The van der Waals surface area contributed by atoms with Crippen LogP contribution < -0.4 is 0 Å². The highest BCUT2D eigenvalue weighted by Gasteiger charge is 2.31. The standard InChI is InChI=1S/C47H77NO7/c1-6-8-10-12-14-16-18-20-21-22-23-24-25-26-28-30-32-34-36-38-46(50)55-43(41-53-40-39-44(47(51)52)48(3,4)5)42-54-45(49)37-35-33-31-29-27-19-17-15-13-11-9-7-2/h8,10,14-17,20-21,23-24,26,28,32,34,43-44H,6-7,9,11-13,18-19,22,25,27,29-31,33,35-42H2,1-5H3/p+1/b10-8+,16-14+,17-15+,21-20+,24-23+,28-26+,34-32+. The maximum absolute atomic E-state index is 12.7. The lowest BCUT2D eigenvalue weighted by Gasteiger charge is -2.31. The van der Waals surface area contributed by atoms with Gasteiger partial charge in [0.25, 0.3) is 0 Å². The van der Waals surface area contributed by atoms with Gasteiger partial charge in [-0.05, 0) is 77.0 Å². The number of carbonyl (C=O) groups excluding carboxylic acids is 2. The lowest BCUT2D eigenvalue weighted by molar-refractivity contribution is -0.887. The van der Waals surface area contributed by atoms with Crippen molar-refractivity contribution in [3.05, 3.63) is 85.1 Å². The molecule has 0 heterocycles. The van der Waals surface area contributed by atoms with Crippen molar-refractivity contribution in [2.24, 2.45) is 0 Å². The Balaban J connectivity index is 4.53. The molecule has 0 spiro atoms. The number of rotatable bonds is 36. The van der Waals surface area contributed by atoms with E-state index in [0.29, 0.717) is 19.3 Å². The predicted octanol–water partition coefficient (Wildman–Crippen LogP) is 11.4. The Bertz CT molecular complexity index is 1170. The molecule has 2 atom stereocenters. The molecule has 2 unspecified atom stereocenters. The van der Waals surface area contributed by atoms with E-state index in [0.717, 1.165) is 70.6 Å². The minimum Gasteiger partial charge on any atom is -0.477 e. The molecule has 0 aliphatic rings. The van der Waals surface area contributed by atoms with Gasteiger partial charge in [-0.25, -0.2) is 4.79 Å². The minimum absolute atomic E-state index is 0.0233. The van der Waals surface area contributed by atoms with Crippen LogP contribution in [0, 0.1) is 0 Å². The molecule has 0 aliphatic carbocycles. The van der Waals surface area contributed by atoms with Crippen LogP contribution in [0.4, 0.5) is 0 Å². The van der Waals surface area contributed by atoms with Crippen molar-refractivity contribution in [2.75, 3.05) is 41.0 Å². The molecule has 0 saturated carbocycles. The third-order valence-corrected chi connectivity index (χ3v) is 8.79. The van der Waals surface area contributed by atoms with Gasteiger partial charge in [0.2, 0.25) is 0 Å². The van der Waals surface area contributed by atoms with Crippen molar-refractivity contribution in [2.45, 2.75) is 154 Å². The second-order valence-corrected chi connectivity index (χ2v) is 14.9. The molecule has 0 aliphatic heterocycles. The molecule has 0 amide bonds. The van der Waals surface area contributed by atoms with E-state index < -0.39 is 24.1 Å². The summed E-state index contributed by atoms with van der Waals surface area (Å²) >= 11 is 0. The van der Waals surface area contributed by atoms with Crippen molar-refractivity contribution >= 4 is 17.9 Å². The normalized spacial score (nSPS) is 13.8. The Hall–Kier alpha value is -3.49. The van der Waals surface area contributed by atoms with E-state index in [1.54, 1.807) is 0 Å². The van der Waals surface area contributed by atoms with Gasteiger partial charge in [0.05, 0.1) is 34.4 Å². The average Bonchev–Trinajstić information content (AvgIpc) is 3.14. The van der Waals surface area contributed by atoms with E-state index in [4.69, 9.17) is 14.2 Å². The van der Waals surface area contributed by atoms with E-state index in [1.165, 1.54) is 32.1 Å². The molecule has 0 bridgehead atoms. The highest BCUT2D eigenvalue weighted by molar-refractivity contribution is 5.72. The van der Waals surface area contributed by atoms with Gasteiger partial charge < -0.3 is 23.8 Å². The van der Waals surface area contributed by atoms with Crippen LogP contribution in [-0.2, 0) is 28.6 Å². The van der Waals surface area contributed by atoms with E-state index in [2.05, 4.69) is 86.8 Å². The molecule has 1 N–H and O–H groups in total. The number of allylic oxidation sites excluding steroid dienone is 14. The number of esters is 2. The molecule has 55 heavy (non-hydrogen) atoms. The molecule has 8 heteroatoms. The topological polar surface area (TPSA) is 99.1 Å². The lowest BCUT2D eigenvalue weighted by atomic mass is 10.1. The van der Waals surface area contributed by atoms with Gasteiger partial charge in [0, 0.05) is 19.3 Å². The fourth-order valence-corrected chi connectivity index (χ4v) is 5.52. The molecule has 0 aromatic rings. The molecule has 0 aromatic heterocycles. The highest BCUT2D eigenvalue weighted by atomic mass is 16.6. The number of ether oxygens (including phenoxy) is 3. The molecule has 0 aromatic carbocycles. The zero-order valence-corrected chi connectivity index (χ0v) is 35.3. The number of carboxylic acids is 1. The summed E-state index contributed by atoms with van der Waals surface area (Å²) in [7, 11) is 5.48. The summed E-state index contributed by atoms with van der Waals surface area (Å²) in [5, 5.41) is 9.60. The molecular formula is C47H78NO7+. The molecule has 0 rings (SSSR count). The second kappa shape index (κ2) is 37.4. The summed E-state index contributed by atoms with van der Waals surface area (Å²) in [5.41, 5.74) is 0. The van der Waals surface area contributed by atoms with Crippen molar-refractivity contribution in [1.82, 2.24) is 0 Å². The van der Waals surface area contributed by atoms with E-state index in [1.807, 2.05) is 33.3 Å². The van der Waals surface area contributed by atoms with Gasteiger partial charge in [-0.2, -0.15) is 0 Å². The maximum Gasteiger partial charge on any atom is 0.362 e. The van der Waals surface area contributed by atoms with E-state index >= 15 is 0 Å². The van der Waals surface area contributed by atoms with Crippen molar-refractivity contribution in [3.63, 3.8) is 0 Å². The van der Waals surface area contributed by atoms with Gasteiger partial charge in [-0.3, -0.25) is 9.59 Å². The number of aliphatic carboxylic acids is 1. The minimum atomic E-state index is -0.892. The van der Waals surface area contributed by atoms with Crippen LogP contribution in [0.15, 0.2) is 85.1 Å². The first kappa shape index (κ1) is 51.5. The lowest BCUT2D eigenvalue weighted by Crippen LogP contribution is -2.50. The Kier molecular flexibility index (Phi) is 35.1. The summed E-state index contributed by atoms with van der Waals surface area (Å²) in [5.74, 6) is -1.60. The zero-order valence-electron chi connectivity index (χ0n) is 35.3. The van der Waals surface area contributed by atoms with Crippen LogP contribution in [0.3, 0.4) is 0 Å². The molecule has 0 fully saturated rings. The zero-order chi connectivity index (χ0) is 40.7. The molecule has 312 valence electrons. The largest absolute Gasteiger partial charge is 0.477 e. The Morgan fingerprint density at radius 2 is 1.05 bits per heavy atom. The molecule has 8 nitrogen and oxygen atoms in total. The Labute approximate surface area is 335 Å². The highest BCUT2D eigenvalue weighted by Crippen LogP contribution is 2.12. The van der Waals surface area contributed by atoms with Crippen molar-refractivity contribution in [1.29, 1.82) is 0 Å². The number of hydrogen-bond acceptors (Lipinski definition) is 6. The maximum atomic E-state index is 12.7. The number of hydrogen-bond donors (Lipinski definition) is 1. The van der Waals surface area contributed by atoms with Gasteiger partial charge in [0.1, 0.15) is 6.61 Å². The Morgan fingerprint density at radius 1 is 0.564 bits per heavy atom. The first-order valence-corrected chi connectivity index (χ1v) is 21.1. The van der Waals surface area contributed by atoms with Crippen LogP contribution in [0.25, 0.3) is 0 Å². The fourth-order valence-electron chi connectivity index (χ4n) is 5.52. The predicted molar refractivity (Wildman–Crippen MR) is 229 cm³/mol. The summed E-state index contributed by atoms with van der Waals surface area (Å²) in [6, 6.07) is -0.632. The summed E-state index contributed by atoms with van der Waals surface area (Å²) in [4.78, 5) is 36.9. The third kappa shape index (κ3) is 35.9. The van der Waals surface area contributed by atoms with Gasteiger partial charge in [-0.15, -0.1) is 0 Å². The third-order valence-electron chi connectivity index (χ3n) is 8.79. The number of quaternary nitrogens is 1. The summed E-state index contributed by atoms with van der Waals surface area (Å²) in [6.07, 6.45) is 47.8. The van der Waals surface area contributed by atoms with Crippen LogP contribution in [0.1, 0.15) is 142 Å². The number of unbranched alkanes of at least 4 members (excludes halogenated alkanes) is 8. The Morgan fingerprint density at radius 3 is 1.58 bits per heavy atom. The van der Waals surface area contributed by atoms with Gasteiger partial charge >= 0.3 is 17.9 Å². The van der Waals surface area contributed by atoms with Crippen molar-refractivity contribution in [3.8, 4) is 0 Å². The van der Waals surface area contributed by atoms with Crippen LogP contribution in [0.2, 0.25) is 0 Å². The van der Waals surface area contributed by atoms with E-state index in [9.17, 15) is 19.5 Å². The molecular weight excluding hydrogens is 691 g/mol. The summed E-state index contributed by atoms with van der Waals surface area (Å²) < 4.78 is 17.1. The fraction of sp³-hybridized carbons (Fsp3) is 0.638. The van der Waals surface area contributed by atoms with Crippen LogP contribution in [-0.4, -0.2) is 80.6 Å². The van der Waals surface area contributed by atoms with Gasteiger partial charge in [-0.1, -0.05) is 131 Å². The number of carbonyl (C=O) groups is 3. The van der Waals surface area contributed by atoms with E-state index in [-0.39, 0.29) is 36.7 Å². The quantitative estimate of drug-likeness (QED) is 0.0293. The first-order chi connectivity index (χ1) is 26.6. The molecule has 0 radical (unpaired) electrons. The SMILES string of the molecule is CC/C=C/C/C=C/C/C=C/C/C=C/C/C=C/C/C=C/CCC(=O)OC(COCCC(C(=O)O)[N+](C)(C)C)COC(=O)CCCCCCC/C=C/CCCCC. The number of nitrogens with zero attached hydrogens (tertiary/aromatic N) is 1. The number of carboxylic acid groups (broad SMARTS) is 1. The van der Waals surface area contributed by atoms with Crippen molar-refractivity contribution < 1.29 is 38.2 Å². The van der Waals surface area contributed by atoms with Crippen LogP contribution in [0.5, 0.6) is 0 Å². The second-order valence-electron chi connectivity index (χ2n) is 14.9. The van der Waals surface area contributed by atoms with Gasteiger partial charge in [0.15, 0.2) is 12.1 Å². The monoisotopic (exact) mass is 769 g/mol. The summed E-state index contributed by atoms with van der Waals surface area (Å²) in [6.45, 7) is 4.48.